The predicted molar refractivity (Wildman–Crippen MR) is 66.8 cm³/mol. The number of hydrogen-bond donors (Lipinski definition) is 0. The average Bonchev–Trinajstić information content (AvgIpc) is 2.16. The molecule has 0 amide bonds. The van der Waals surface area contributed by atoms with Gasteiger partial charge in [-0.25, -0.2) is 18.9 Å². The van der Waals surface area contributed by atoms with Crippen molar-refractivity contribution in [2.75, 3.05) is 7.11 Å². The summed E-state index contributed by atoms with van der Waals surface area (Å²) in [5, 5.41) is 0. The first-order valence-corrected chi connectivity index (χ1v) is 7.26. The predicted octanol–water partition coefficient (Wildman–Crippen LogP) is 2.79. The molecule has 0 aliphatic heterocycles. The maximum absolute atomic E-state index is 5.24. The van der Waals surface area contributed by atoms with Crippen LogP contribution in [0, 0.1) is 0 Å². The van der Waals surface area contributed by atoms with Gasteiger partial charge in [-0.2, -0.15) is 0 Å². The molecule has 0 aliphatic rings. The maximum atomic E-state index is 5.24. The largest absolute Gasteiger partial charge is 0.584 e. The minimum Gasteiger partial charge on any atom is -0.371 e. The Morgan fingerprint density at radius 3 is 1.41 bits per heavy atom. The zero-order valence-electron chi connectivity index (χ0n) is 11.8. The van der Waals surface area contributed by atoms with E-state index in [0.717, 1.165) is 0 Å². The van der Waals surface area contributed by atoms with Crippen LogP contribution < -0.4 is 0 Å². The first kappa shape index (κ1) is 16.8. The lowest BCUT2D eigenvalue weighted by Crippen LogP contribution is -2.46. The number of hydrogen-bond acceptors (Lipinski definition) is 5. The maximum Gasteiger partial charge on any atom is 0.584 e. The molecular weight excluding hydrogens is 240 g/mol. The van der Waals surface area contributed by atoms with Crippen molar-refractivity contribution in [3.63, 3.8) is 0 Å². The molecule has 0 aliphatic carbocycles. The van der Waals surface area contributed by atoms with Crippen LogP contribution in [0.25, 0.3) is 0 Å². The van der Waals surface area contributed by atoms with E-state index in [0.29, 0.717) is 0 Å². The van der Waals surface area contributed by atoms with Crippen LogP contribution in [0.5, 0.6) is 0 Å². The topological polar surface area (TPSA) is 46.2 Å². The normalized spacial score (nSPS) is 13.8. The second-order valence-electron chi connectivity index (χ2n) is 5.57. The molecule has 102 valence electrons. The van der Waals surface area contributed by atoms with Crippen molar-refractivity contribution in [1.82, 2.24) is 0 Å². The van der Waals surface area contributed by atoms with Gasteiger partial charge in [0.25, 0.3) is 0 Å². The van der Waals surface area contributed by atoms with E-state index in [1.807, 2.05) is 41.5 Å². The lowest BCUT2D eigenvalue weighted by molar-refractivity contribution is -0.361. The van der Waals surface area contributed by atoms with Crippen LogP contribution in [0.3, 0.4) is 0 Å². The molecule has 0 fully saturated rings. The van der Waals surface area contributed by atoms with Gasteiger partial charge in [0.15, 0.2) is 0 Å². The molecule has 0 radical (unpaired) electrons. The van der Waals surface area contributed by atoms with E-state index in [1.54, 1.807) is 0 Å². The van der Waals surface area contributed by atoms with Crippen LogP contribution in [0.1, 0.15) is 41.5 Å². The average molecular weight is 264 g/mol. The summed E-state index contributed by atoms with van der Waals surface area (Å²) in [4.78, 5) is 10.4. The molecule has 0 saturated carbocycles. The van der Waals surface area contributed by atoms with Crippen LogP contribution in [0.4, 0.5) is 0 Å². The standard InChI is InChI=1S/C11H24O5Si/c1-9-17(12-8,15-13-10(2,3)4)16-14-11(5,6)7/h9H,1H2,2-8H3. The fourth-order valence-electron chi connectivity index (χ4n) is 0.599. The Labute approximate surface area is 105 Å². The summed E-state index contributed by atoms with van der Waals surface area (Å²) < 4.78 is 15.7. The van der Waals surface area contributed by atoms with Gasteiger partial charge < -0.3 is 4.43 Å². The van der Waals surface area contributed by atoms with Gasteiger partial charge in [-0.05, 0) is 47.2 Å². The Hall–Kier alpha value is -0.243. The summed E-state index contributed by atoms with van der Waals surface area (Å²) >= 11 is 0. The van der Waals surface area contributed by atoms with Crippen molar-refractivity contribution in [3.05, 3.63) is 12.3 Å². The highest BCUT2D eigenvalue weighted by molar-refractivity contribution is 6.65. The van der Waals surface area contributed by atoms with E-state index >= 15 is 0 Å². The van der Waals surface area contributed by atoms with Crippen LogP contribution >= 0.6 is 0 Å². The van der Waals surface area contributed by atoms with E-state index in [-0.39, 0.29) is 0 Å². The lowest BCUT2D eigenvalue weighted by atomic mass is 10.2. The SMILES string of the molecule is C=C[Si](OC)(OOC(C)(C)C)OOC(C)(C)C. The Kier molecular flexibility index (Phi) is 5.99. The van der Waals surface area contributed by atoms with Gasteiger partial charge in [0.05, 0.1) is 11.2 Å². The van der Waals surface area contributed by atoms with Crippen molar-refractivity contribution in [1.29, 1.82) is 0 Å². The zero-order valence-corrected chi connectivity index (χ0v) is 12.8. The molecule has 0 bridgehead atoms. The van der Waals surface area contributed by atoms with Gasteiger partial charge in [0, 0.05) is 7.11 Å². The highest BCUT2D eigenvalue weighted by Crippen LogP contribution is 2.19. The van der Waals surface area contributed by atoms with E-state index in [4.69, 9.17) is 23.4 Å². The van der Waals surface area contributed by atoms with Gasteiger partial charge in [0.2, 0.25) is 0 Å². The van der Waals surface area contributed by atoms with Crippen LogP contribution in [0.15, 0.2) is 12.3 Å². The summed E-state index contributed by atoms with van der Waals surface area (Å²) in [6.07, 6.45) is 0. The summed E-state index contributed by atoms with van der Waals surface area (Å²) in [6.45, 7) is 14.8. The Morgan fingerprint density at radius 1 is 0.882 bits per heavy atom. The van der Waals surface area contributed by atoms with Crippen molar-refractivity contribution >= 4 is 8.80 Å². The van der Waals surface area contributed by atoms with Crippen molar-refractivity contribution in [2.24, 2.45) is 0 Å². The third-order valence-electron chi connectivity index (χ3n) is 1.35. The minimum atomic E-state index is -3.14. The third kappa shape index (κ3) is 7.64. The smallest absolute Gasteiger partial charge is 0.371 e. The van der Waals surface area contributed by atoms with Crippen molar-refractivity contribution in [2.45, 2.75) is 52.7 Å². The second kappa shape index (κ2) is 6.08. The van der Waals surface area contributed by atoms with Gasteiger partial charge in [-0.1, -0.05) is 6.58 Å². The van der Waals surface area contributed by atoms with Gasteiger partial charge in [-0.3, -0.25) is 0 Å². The first-order valence-electron chi connectivity index (χ1n) is 5.46. The van der Waals surface area contributed by atoms with Crippen LogP contribution in [-0.4, -0.2) is 27.1 Å². The molecule has 17 heavy (non-hydrogen) atoms. The van der Waals surface area contributed by atoms with Crippen molar-refractivity contribution < 1.29 is 23.4 Å². The molecule has 6 heteroatoms. The fraction of sp³-hybridized carbons (Fsp3) is 0.818. The monoisotopic (exact) mass is 264 g/mol. The molecular formula is C11H24O5Si. The van der Waals surface area contributed by atoms with Gasteiger partial charge in [0.1, 0.15) is 0 Å². The molecule has 0 N–H and O–H groups in total. The molecule has 0 saturated heterocycles. The van der Waals surface area contributed by atoms with E-state index in [9.17, 15) is 0 Å². The molecule has 0 unspecified atom stereocenters. The molecule has 0 heterocycles. The summed E-state index contributed by atoms with van der Waals surface area (Å²) in [6, 6.07) is 0. The zero-order chi connectivity index (χ0) is 13.7. The first-order chi connectivity index (χ1) is 7.54. The number of rotatable bonds is 6. The van der Waals surface area contributed by atoms with E-state index in [1.165, 1.54) is 12.8 Å². The van der Waals surface area contributed by atoms with Crippen LogP contribution in [0.2, 0.25) is 0 Å². The molecule has 0 aromatic heterocycles. The highest BCUT2D eigenvalue weighted by Gasteiger charge is 2.43. The summed E-state index contributed by atoms with van der Waals surface area (Å²) in [5.74, 6) is 0. The Balaban J connectivity index is 4.51. The van der Waals surface area contributed by atoms with Crippen molar-refractivity contribution in [3.8, 4) is 0 Å². The van der Waals surface area contributed by atoms with E-state index in [2.05, 4.69) is 6.58 Å². The molecule has 0 rings (SSSR count). The minimum absolute atomic E-state index is 0.467. The van der Waals surface area contributed by atoms with Gasteiger partial charge >= 0.3 is 8.80 Å². The molecule has 0 aromatic carbocycles. The summed E-state index contributed by atoms with van der Waals surface area (Å²) in [7, 11) is -1.68. The molecule has 0 atom stereocenters. The molecule has 5 nitrogen and oxygen atoms in total. The van der Waals surface area contributed by atoms with Gasteiger partial charge in [-0.15, -0.1) is 0 Å². The summed E-state index contributed by atoms with van der Waals surface area (Å²) in [5.41, 5.74) is 0.514. The fourth-order valence-corrected chi connectivity index (χ4v) is 1.80. The third-order valence-corrected chi connectivity index (χ3v) is 3.05. The highest BCUT2D eigenvalue weighted by atomic mass is 28.4. The van der Waals surface area contributed by atoms with E-state index < -0.39 is 20.0 Å². The lowest BCUT2D eigenvalue weighted by Gasteiger charge is -2.29. The Morgan fingerprint density at radius 2 is 1.24 bits per heavy atom. The molecule has 0 aromatic rings. The van der Waals surface area contributed by atoms with Crippen LogP contribution in [-0.2, 0) is 23.4 Å². The Bertz CT molecular complexity index is 223. The molecule has 0 spiro atoms. The quantitative estimate of drug-likeness (QED) is 0.419. The second-order valence-corrected chi connectivity index (χ2v) is 7.93.